The highest BCUT2D eigenvalue weighted by Crippen LogP contribution is 2.34. The maximum atomic E-state index is 13.5. The molecule has 4 unspecified atom stereocenters. The number of hydrogen-bond acceptors (Lipinski definition) is 10. The Bertz CT molecular complexity index is 1440. The summed E-state index contributed by atoms with van der Waals surface area (Å²) in [5.41, 5.74) is -3.11. The van der Waals surface area contributed by atoms with Gasteiger partial charge in [-0.3, -0.25) is 14.4 Å². The van der Waals surface area contributed by atoms with Crippen molar-refractivity contribution >= 4 is 29.8 Å². The van der Waals surface area contributed by atoms with E-state index >= 15 is 0 Å². The molecule has 0 bridgehead atoms. The van der Waals surface area contributed by atoms with Gasteiger partial charge in [0.2, 0.25) is 0 Å². The predicted molar refractivity (Wildman–Crippen MR) is 142 cm³/mol. The molecule has 238 valence electrons. The number of amides is 1. The molecule has 15 heteroatoms. The first kappa shape index (κ1) is 33.9. The van der Waals surface area contributed by atoms with Gasteiger partial charge >= 0.3 is 30.1 Å². The monoisotopic (exact) mass is 626 g/mol. The molecule has 0 spiro atoms. The zero-order valence-electron chi connectivity index (χ0n) is 24.3. The fraction of sp³-hybridized carbons (Fsp3) is 0.448. The van der Waals surface area contributed by atoms with Crippen molar-refractivity contribution in [1.82, 2.24) is 10.3 Å². The van der Waals surface area contributed by atoms with Gasteiger partial charge in [0, 0.05) is 6.20 Å². The Morgan fingerprint density at radius 3 is 2.43 bits per heavy atom. The van der Waals surface area contributed by atoms with Gasteiger partial charge in [-0.15, -0.1) is 0 Å². The van der Waals surface area contributed by atoms with Crippen LogP contribution in [0.3, 0.4) is 0 Å². The number of aromatic nitrogens is 1. The molecule has 44 heavy (non-hydrogen) atoms. The second-order valence-electron chi connectivity index (χ2n) is 10.3. The van der Waals surface area contributed by atoms with Crippen molar-refractivity contribution < 1.29 is 60.5 Å². The normalized spacial score (nSPS) is 20.9. The van der Waals surface area contributed by atoms with Gasteiger partial charge in [0.15, 0.2) is 23.6 Å². The van der Waals surface area contributed by atoms with Crippen LogP contribution in [0.15, 0.2) is 30.5 Å². The van der Waals surface area contributed by atoms with Crippen LogP contribution in [0.4, 0.5) is 17.6 Å². The third kappa shape index (κ3) is 7.88. The number of aryl methyl sites for hydroxylation is 1. The molecule has 0 aliphatic carbocycles. The van der Waals surface area contributed by atoms with Crippen molar-refractivity contribution in [3.8, 4) is 5.75 Å². The number of cyclic esters (lactones) is 2. The molecule has 1 fully saturated rings. The Labute approximate surface area is 249 Å². The number of ether oxygens (including phenoxy) is 4. The molecule has 11 nitrogen and oxygen atoms in total. The van der Waals surface area contributed by atoms with Crippen molar-refractivity contribution in [3.05, 3.63) is 58.7 Å². The standard InChI is InChI=1S/C29H30F4N2O9/c1-6-17-23(44-25(37)13(2)3)15(5)42-28(40)20(12-41-26(17)38)35-24(36)21-22(14(4)9-10-34-21)43-27(39)18-8-7-16(30)11-19(18)29(31,32)33/h7-11,13,15,17,20,23H,6,12H2,1-5H3,(H,35,36). The Balaban J connectivity index is 1.88. The van der Waals surface area contributed by atoms with Crippen molar-refractivity contribution in [1.29, 1.82) is 0 Å². The molecule has 2 heterocycles. The topological polar surface area (TPSA) is 147 Å². The van der Waals surface area contributed by atoms with Gasteiger partial charge < -0.3 is 24.3 Å². The highest BCUT2D eigenvalue weighted by molar-refractivity contribution is 6.00. The van der Waals surface area contributed by atoms with Gasteiger partial charge in [-0.1, -0.05) is 20.8 Å². The summed E-state index contributed by atoms with van der Waals surface area (Å²) in [6.07, 6.45) is -6.11. The van der Waals surface area contributed by atoms with Crippen molar-refractivity contribution in [2.45, 2.75) is 65.5 Å². The highest BCUT2D eigenvalue weighted by Gasteiger charge is 2.42. The molecule has 1 aromatic heterocycles. The second kappa shape index (κ2) is 13.8. The van der Waals surface area contributed by atoms with E-state index in [2.05, 4.69) is 10.3 Å². The molecule has 4 atom stereocenters. The van der Waals surface area contributed by atoms with Gasteiger partial charge in [-0.2, -0.15) is 13.2 Å². The van der Waals surface area contributed by atoms with E-state index in [0.29, 0.717) is 12.1 Å². The Morgan fingerprint density at radius 1 is 1.14 bits per heavy atom. The van der Waals surface area contributed by atoms with Crippen LogP contribution in [-0.2, 0) is 34.8 Å². The minimum absolute atomic E-state index is 0.104. The van der Waals surface area contributed by atoms with E-state index in [4.69, 9.17) is 18.9 Å². The molecule has 0 saturated carbocycles. The maximum absolute atomic E-state index is 13.5. The van der Waals surface area contributed by atoms with Crippen LogP contribution in [-0.4, -0.2) is 59.6 Å². The first-order valence-electron chi connectivity index (χ1n) is 13.5. The summed E-state index contributed by atoms with van der Waals surface area (Å²) in [5, 5.41) is 2.27. The first-order chi connectivity index (χ1) is 20.5. The van der Waals surface area contributed by atoms with E-state index in [1.165, 1.54) is 19.9 Å². The minimum atomic E-state index is -5.10. The number of nitrogens with one attached hydrogen (secondary N) is 1. The van der Waals surface area contributed by atoms with Gasteiger partial charge in [0.25, 0.3) is 5.91 Å². The lowest BCUT2D eigenvalue weighted by Gasteiger charge is -2.29. The highest BCUT2D eigenvalue weighted by atomic mass is 19.4. The molecule has 0 radical (unpaired) electrons. The number of hydrogen-bond donors (Lipinski definition) is 1. The summed E-state index contributed by atoms with van der Waals surface area (Å²) in [4.78, 5) is 68.1. The lowest BCUT2D eigenvalue weighted by molar-refractivity contribution is -0.176. The zero-order valence-corrected chi connectivity index (χ0v) is 24.3. The van der Waals surface area contributed by atoms with Crippen LogP contribution in [0.1, 0.15) is 66.1 Å². The second-order valence-corrected chi connectivity index (χ2v) is 10.3. The number of carbonyl (C=O) groups excluding carboxylic acids is 5. The largest absolute Gasteiger partial charge is 0.463 e. The Morgan fingerprint density at radius 2 is 1.82 bits per heavy atom. The molecule has 1 amide bonds. The Hall–Kier alpha value is -4.56. The average Bonchev–Trinajstić information content (AvgIpc) is 2.98. The van der Waals surface area contributed by atoms with Crippen LogP contribution in [0.25, 0.3) is 0 Å². The molecule has 1 N–H and O–H groups in total. The lowest BCUT2D eigenvalue weighted by Crippen LogP contribution is -2.47. The molecular formula is C29H30F4N2O9. The molecule has 1 aliphatic rings. The van der Waals surface area contributed by atoms with E-state index < -0.39 is 101 Å². The van der Waals surface area contributed by atoms with Crippen LogP contribution < -0.4 is 10.1 Å². The summed E-state index contributed by atoms with van der Waals surface area (Å²) in [6, 6.07) is 1.05. The van der Waals surface area contributed by atoms with E-state index in [0.717, 1.165) is 6.20 Å². The summed E-state index contributed by atoms with van der Waals surface area (Å²) < 4.78 is 75.2. The number of esters is 4. The van der Waals surface area contributed by atoms with Crippen LogP contribution in [0.2, 0.25) is 0 Å². The molecular weight excluding hydrogens is 596 g/mol. The number of rotatable bonds is 7. The Kier molecular flexibility index (Phi) is 10.7. The fourth-order valence-corrected chi connectivity index (χ4v) is 4.22. The number of halogens is 4. The number of benzene rings is 1. The van der Waals surface area contributed by atoms with Crippen LogP contribution >= 0.6 is 0 Å². The van der Waals surface area contributed by atoms with Gasteiger partial charge in [0.05, 0.1) is 23.0 Å². The SMILES string of the molecule is CCC1C(=O)OCC(NC(=O)c2nccc(C)c2OC(=O)c2ccc(F)cc2C(F)(F)F)C(=O)OC(C)C1OC(=O)C(C)C. The third-order valence-electron chi connectivity index (χ3n) is 6.63. The molecule has 1 aromatic carbocycles. The van der Waals surface area contributed by atoms with Crippen molar-refractivity contribution in [2.24, 2.45) is 11.8 Å². The quantitative estimate of drug-likeness (QED) is 0.272. The van der Waals surface area contributed by atoms with Gasteiger partial charge in [-0.25, -0.2) is 19.0 Å². The number of nitrogens with zero attached hydrogens (tertiary/aromatic N) is 1. The van der Waals surface area contributed by atoms with E-state index in [1.807, 2.05) is 0 Å². The number of alkyl halides is 3. The van der Waals surface area contributed by atoms with E-state index in [9.17, 15) is 41.5 Å². The predicted octanol–water partition coefficient (Wildman–Crippen LogP) is 3.95. The lowest BCUT2D eigenvalue weighted by atomic mass is 9.95. The smallest absolute Gasteiger partial charge is 0.417 e. The average molecular weight is 627 g/mol. The summed E-state index contributed by atoms with van der Waals surface area (Å²) >= 11 is 0. The van der Waals surface area contributed by atoms with E-state index in [-0.39, 0.29) is 18.1 Å². The first-order valence-corrected chi connectivity index (χ1v) is 13.5. The molecule has 2 aromatic rings. The minimum Gasteiger partial charge on any atom is -0.463 e. The van der Waals surface area contributed by atoms with Crippen LogP contribution in [0, 0.1) is 24.6 Å². The summed E-state index contributed by atoms with van der Waals surface area (Å²) in [7, 11) is 0. The summed E-state index contributed by atoms with van der Waals surface area (Å²) in [6.45, 7) is 6.89. The van der Waals surface area contributed by atoms with Crippen LogP contribution in [0.5, 0.6) is 5.75 Å². The van der Waals surface area contributed by atoms with Gasteiger partial charge in [0.1, 0.15) is 18.5 Å². The van der Waals surface area contributed by atoms with Gasteiger partial charge in [-0.05, 0) is 50.1 Å². The molecule has 1 aliphatic heterocycles. The number of pyridine rings is 1. The van der Waals surface area contributed by atoms with Crippen molar-refractivity contribution in [2.75, 3.05) is 6.61 Å². The molecule has 1 saturated heterocycles. The van der Waals surface area contributed by atoms with Crippen molar-refractivity contribution in [3.63, 3.8) is 0 Å². The fourth-order valence-electron chi connectivity index (χ4n) is 4.22. The zero-order chi connectivity index (χ0) is 32.9. The molecule has 3 rings (SSSR count). The third-order valence-corrected chi connectivity index (χ3v) is 6.63. The maximum Gasteiger partial charge on any atom is 0.417 e. The van der Waals surface area contributed by atoms with E-state index in [1.54, 1.807) is 20.8 Å². The summed E-state index contributed by atoms with van der Waals surface area (Å²) in [5.74, 6) is -8.52. The number of carbonyl (C=O) groups is 5.